The van der Waals surface area contributed by atoms with Crippen LogP contribution in [0, 0.1) is 0 Å². The van der Waals surface area contributed by atoms with Crippen molar-refractivity contribution in [2.75, 3.05) is 0 Å². The molecule has 2 nitrogen and oxygen atoms in total. The van der Waals surface area contributed by atoms with Crippen molar-refractivity contribution in [2.45, 2.75) is 13.0 Å². The lowest BCUT2D eigenvalue weighted by Crippen LogP contribution is -1.93. The van der Waals surface area contributed by atoms with E-state index in [0.29, 0.717) is 11.1 Å². The fraction of sp³-hybridized carbons (Fsp3) is 0.118. The average molecular weight is 316 g/mol. The SMILES string of the molecule is Clc1ncc(COc2ccc(Cc3ccccc3)cc2)s1. The van der Waals surface area contributed by atoms with Crippen molar-refractivity contribution in [3.05, 3.63) is 81.3 Å². The van der Waals surface area contributed by atoms with Crippen LogP contribution in [0.15, 0.2) is 60.8 Å². The first-order valence-corrected chi connectivity index (χ1v) is 7.85. The number of thiazole rings is 1. The second-order valence-electron chi connectivity index (χ2n) is 4.67. The van der Waals surface area contributed by atoms with Gasteiger partial charge in [-0.3, -0.25) is 0 Å². The van der Waals surface area contributed by atoms with Gasteiger partial charge >= 0.3 is 0 Å². The summed E-state index contributed by atoms with van der Waals surface area (Å²) in [5.74, 6) is 0.858. The molecule has 0 unspecified atom stereocenters. The summed E-state index contributed by atoms with van der Waals surface area (Å²) in [6.07, 6.45) is 2.68. The van der Waals surface area contributed by atoms with Gasteiger partial charge in [0.25, 0.3) is 0 Å². The lowest BCUT2D eigenvalue weighted by molar-refractivity contribution is 0.309. The summed E-state index contributed by atoms with van der Waals surface area (Å²) >= 11 is 7.23. The predicted molar refractivity (Wildman–Crippen MR) is 87.1 cm³/mol. The maximum Gasteiger partial charge on any atom is 0.183 e. The molecule has 0 saturated heterocycles. The molecule has 0 amide bonds. The molecular weight excluding hydrogens is 302 g/mol. The van der Waals surface area contributed by atoms with Gasteiger partial charge < -0.3 is 4.74 Å². The molecule has 0 aliphatic rings. The fourth-order valence-corrected chi connectivity index (χ4v) is 2.93. The van der Waals surface area contributed by atoms with Gasteiger partial charge in [0.1, 0.15) is 12.4 Å². The highest BCUT2D eigenvalue weighted by Gasteiger charge is 2.01. The van der Waals surface area contributed by atoms with E-state index in [0.717, 1.165) is 17.0 Å². The van der Waals surface area contributed by atoms with Gasteiger partial charge in [-0.05, 0) is 29.7 Å². The average Bonchev–Trinajstić information content (AvgIpc) is 2.93. The Morgan fingerprint density at radius 2 is 1.67 bits per heavy atom. The molecule has 1 heterocycles. The summed E-state index contributed by atoms with van der Waals surface area (Å²) in [6.45, 7) is 0.502. The van der Waals surface area contributed by atoms with E-state index >= 15 is 0 Å². The third kappa shape index (κ3) is 4.06. The number of nitrogens with zero attached hydrogens (tertiary/aromatic N) is 1. The third-order valence-corrected chi connectivity index (χ3v) is 4.17. The molecule has 0 fully saturated rings. The molecule has 0 aliphatic carbocycles. The topological polar surface area (TPSA) is 22.1 Å². The van der Waals surface area contributed by atoms with Crippen molar-refractivity contribution in [3.8, 4) is 5.75 Å². The molecule has 0 radical (unpaired) electrons. The molecule has 2 aromatic carbocycles. The van der Waals surface area contributed by atoms with Gasteiger partial charge in [0.05, 0.1) is 4.88 Å². The Kier molecular flexibility index (Phi) is 4.53. The number of halogens is 1. The largest absolute Gasteiger partial charge is 0.488 e. The first-order valence-electron chi connectivity index (χ1n) is 6.65. The van der Waals surface area contributed by atoms with Crippen LogP contribution in [0.2, 0.25) is 4.47 Å². The van der Waals surface area contributed by atoms with Crippen molar-refractivity contribution >= 4 is 22.9 Å². The number of aromatic nitrogens is 1. The highest BCUT2D eigenvalue weighted by Crippen LogP contribution is 2.21. The van der Waals surface area contributed by atoms with Gasteiger partial charge in [-0.25, -0.2) is 4.98 Å². The van der Waals surface area contributed by atoms with Crippen LogP contribution in [0.3, 0.4) is 0 Å². The number of ether oxygens (including phenoxy) is 1. The van der Waals surface area contributed by atoms with E-state index in [-0.39, 0.29) is 0 Å². The lowest BCUT2D eigenvalue weighted by atomic mass is 10.1. The van der Waals surface area contributed by atoms with Gasteiger partial charge in [0, 0.05) is 6.20 Å². The zero-order valence-electron chi connectivity index (χ0n) is 11.3. The molecule has 106 valence electrons. The van der Waals surface area contributed by atoms with Crippen LogP contribution < -0.4 is 4.74 Å². The number of benzene rings is 2. The Bertz CT molecular complexity index is 694. The molecule has 0 N–H and O–H groups in total. The minimum atomic E-state index is 0.502. The number of hydrogen-bond donors (Lipinski definition) is 0. The Morgan fingerprint density at radius 3 is 2.33 bits per heavy atom. The smallest absolute Gasteiger partial charge is 0.183 e. The standard InChI is InChI=1S/C17H14ClNOS/c18-17-19-11-16(21-17)12-20-15-8-6-14(7-9-15)10-13-4-2-1-3-5-13/h1-9,11H,10,12H2. The molecule has 0 atom stereocenters. The zero-order chi connectivity index (χ0) is 14.5. The minimum Gasteiger partial charge on any atom is -0.488 e. The highest BCUT2D eigenvalue weighted by molar-refractivity contribution is 7.15. The first kappa shape index (κ1) is 14.1. The monoisotopic (exact) mass is 315 g/mol. The van der Waals surface area contributed by atoms with Crippen molar-refractivity contribution in [1.29, 1.82) is 0 Å². The molecule has 0 spiro atoms. The molecule has 21 heavy (non-hydrogen) atoms. The van der Waals surface area contributed by atoms with Gasteiger partial charge in [0.15, 0.2) is 4.47 Å². The minimum absolute atomic E-state index is 0.502. The fourth-order valence-electron chi connectivity index (χ4n) is 2.04. The maximum absolute atomic E-state index is 5.79. The van der Waals surface area contributed by atoms with Crippen LogP contribution in [0.1, 0.15) is 16.0 Å². The molecule has 4 heteroatoms. The number of rotatable bonds is 5. The van der Waals surface area contributed by atoms with E-state index < -0.39 is 0 Å². The van der Waals surface area contributed by atoms with Crippen LogP contribution in [-0.2, 0) is 13.0 Å². The molecule has 3 rings (SSSR count). The predicted octanol–water partition coefficient (Wildman–Crippen LogP) is 4.97. The Morgan fingerprint density at radius 1 is 0.952 bits per heavy atom. The highest BCUT2D eigenvalue weighted by atomic mass is 35.5. The van der Waals surface area contributed by atoms with Crippen LogP contribution in [0.4, 0.5) is 0 Å². The normalized spacial score (nSPS) is 10.5. The van der Waals surface area contributed by atoms with Crippen LogP contribution in [-0.4, -0.2) is 4.98 Å². The van der Waals surface area contributed by atoms with E-state index in [1.54, 1.807) is 6.20 Å². The number of hydrogen-bond acceptors (Lipinski definition) is 3. The Balaban J connectivity index is 1.59. The van der Waals surface area contributed by atoms with E-state index in [9.17, 15) is 0 Å². The van der Waals surface area contributed by atoms with E-state index in [1.165, 1.54) is 22.5 Å². The third-order valence-electron chi connectivity index (χ3n) is 3.08. The maximum atomic E-state index is 5.79. The van der Waals surface area contributed by atoms with E-state index in [1.807, 2.05) is 18.2 Å². The van der Waals surface area contributed by atoms with Crippen molar-refractivity contribution in [2.24, 2.45) is 0 Å². The van der Waals surface area contributed by atoms with Crippen molar-refractivity contribution in [3.63, 3.8) is 0 Å². The zero-order valence-corrected chi connectivity index (χ0v) is 12.9. The van der Waals surface area contributed by atoms with Crippen molar-refractivity contribution < 1.29 is 4.74 Å². The second kappa shape index (κ2) is 6.74. The molecule has 0 saturated carbocycles. The summed E-state index contributed by atoms with van der Waals surface area (Å²) in [4.78, 5) is 5.02. The Labute approximate surface area is 133 Å². The molecule has 3 aromatic rings. The molecule has 0 aliphatic heterocycles. The van der Waals surface area contributed by atoms with Gasteiger partial charge in [-0.2, -0.15) is 0 Å². The summed E-state index contributed by atoms with van der Waals surface area (Å²) in [5.41, 5.74) is 2.58. The van der Waals surface area contributed by atoms with Gasteiger partial charge in [-0.1, -0.05) is 54.1 Å². The Hall–Kier alpha value is -1.84. The lowest BCUT2D eigenvalue weighted by Gasteiger charge is -2.06. The van der Waals surface area contributed by atoms with Gasteiger partial charge in [-0.15, -0.1) is 11.3 Å². The molecular formula is C17H14ClNOS. The summed E-state index contributed by atoms with van der Waals surface area (Å²) < 4.78 is 6.27. The van der Waals surface area contributed by atoms with Crippen LogP contribution in [0.25, 0.3) is 0 Å². The first-order chi connectivity index (χ1) is 10.3. The molecule has 1 aromatic heterocycles. The van der Waals surface area contributed by atoms with Crippen LogP contribution in [0.5, 0.6) is 5.75 Å². The van der Waals surface area contributed by atoms with Gasteiger partial charge in [0.2, 0.25) is 0 Å². The van der Waals surface area contributed by atoms with E-state index in [4.69, 9.17) is 16.3 Å². The summed E-state index contributed by atoms with van der Waals surface area (Å²) in [5, 5.41) is 0. The van der Waals surface area contributed by atoms with Crippen LogP contribution >= 0.6 is 22.9 Å². The summed E-state index contributed by atoms with van der Waals surface area (Å²) in [6, 6.07) is 18.6. The quantitative estimate of drug-likeness (QED) is 0.663. The van der Waals surface area contributed by atoms with E-state index in [2.05, 4.69) is 41.4 Å². The molecule has 0 bridgehead atoms. The second-order valence-corrected chi connectivity index (χ2v) is 6.37. The summed E-state index contributed by atoms with van der Waals surface area (Å²) in [7, 11) is 0. The van der Waals surface area contributed by atoms with Crippen molar-refractivity contribution in [1.82, 2.24) is 4.98 Å².